The number of anilines is 2. The summed E-state index contributed by atoms with van der Waals surface area (Å²) >= 11 is 0. The predicted octanol–water partition coefficient (Wildman–Crippen LogP) is 2.57. The molecule has 0 saturated heterocycles. The molecule has 7 heteroatoms. The van der Waals surface area contributed by atoms with Crippen molar-refractivity contribution in [2.24, 2.45) is 0 Å². The van der Waals surface area contributed by atoms with Crippen molar-refractivity contribution in [3.05, 3.63) is 59.9 Å². The van der Waals surface area contributed by atoms with E-state index in [2.05, 4.69) is 0 Å². The molecule has 2 aromatic rings. The highest BCUT2D eigenvalue weighted by Gasteiger charge is 2.27. The van der Waals surface area contributed by atoms with E-state index in [9.17, 15) is 17.6 Å². The Hall–Kier alpha value is -2.41. The van der Waals surface area contributed by atoms with E-state index in [0.29, 0.717) is 6.54 Å². The second kappa shape index (κ2) is 6.84. The molecule has 132 valence electrons. The van der Waals surface area contributed by atoms with Crippen LogP contribution in [0.1, 0.15) is 12.0 Å². The maximum absolute atomic E-state index is 13.5. The van der Waals surface area contributed by atoms with Gasteiger partial charge in [0, 0.05) is 12.2 Å². The number of carbonyl (C=O) groups is 1. The Kier molecular flexibility index (Phi) is 4.76. The number of benzene rings is 2. The number of rotatable bonds is 4. The SMILES string of the molecule is CS(=O)(=O)N(CC(=O)N1CCCc2ccccc21)c1cccc(F)c1. The lowest BCUT2D eigenvalue weighted by molar-refractivity contribution is -0.117. The molecule has 0 aromatic heterocycles. The minimum absolute atomic E-state index is 0.140. The molecule has 0 atom stereocenters. The van der Waals surface area contributed by atoms with Gasteiger partial charge in [-0.2, -0.15) is 0 Å². The van der Waals surface area contributed by atoms with E-state index in [1.54, 1.807) is 4.90 Å². The Morgan fingerprint density at radius 2 is 1.96 bits per heavy atom. The van der Waals surface area contributed by atoms with E-state index in [1.807, 2.05) is 24.3 Å². The molecular formula is C18H19FN2O3S. The lowest BCUT2D eigenvalue weighted by Crippen LogP contribution is -2.44. The number of para-hydroxylation sites is 1. The van der Waals surface area contributed by atoms with Gasteiger partial charge in [-0.25, -0.2) is 12.8 Å². The second-order valence-electron chi connectivity index (χ2n) is 6.03. The lowest BCUT2D eigenvalue weighted by Gasteiger charge is -2.31. The van der Waals surface area contributed by atoms with Gasteiger partial charge in [0.05, 0.1) is 11.9 Å². The Labute approximate surface area is 146 Å². The van der Waals surface area contributed by atoms with Crippen molar-refractivity contribution in [2.45, 2.75) is 12.8 Å². The van der Waals surface area contributed by atoms with Crippen molar-refractivity contribution in [1.82, 2.24) is 0 Å². The summed E-state index contributed by atoms with van der Waals surface area (Å²) in [7, 11) is -3.73. The zero-order valence-electron chi connectivity index (χ0n) is 13.9. The van der Waals surface area contributed by atoms with Crippen molar-refractivity contribution >= 4 is 27.3 Å². The van der Waals surface area contributed by atoms with Gasteiger partial charge in [0.25, 0.3) is 0 Å². The van der Waals surface area contributed by atoms with Gasteiger partial charge in [-0.15, -0.1) is 0 Å². The quantitative estimate of drug-likeness (QED) is 0.840. The molecule has 0 aliphatic carbocycles. The van der Waals surface area contributed by atoms with Gasteiger partial charge in [0.1, 0.15) is 12.4 Å². The van der Waals surface area contributed by atoms with Gasteiger partial charge >= 0.3 is 0 Å². The molecule has 1 amide bonds. The summed E-state index contributed by atoms with van der Waals surface area (Å²) < 4.78 is 38.7. The third-order valence-corrected chi connectivity index (χ3v) is 5.33. The number of halogens is 1. The topological polar surface area (TPSA) is 57.7 Å². The molecule has 0 N–H and O–H groups in total. The monoisotopic (exact) mass is 362 g/mol. The molecule has 0 bridgehead atoms. The highest BCUT2D eigenvalue weighted by atomic mass is 32.2. The average molecular weight is 362 g/mol. The van der Waals surface area contributed by atoms with E-state index in [4.69, 9.17) is 0 Å². The maximum Gasteiger partial charge on any atom is 0.247 e. The first kappa shape index (κ1) is 17.4. The first-order valence-electron chi connectivity index (χ1n) is 7.98. The fourth-order valence-corrected chi connectivity index (χ4v) is 3.87. The van der Waals surface area contributed by atoms with Crippen LogP contribution in [0.5, 0.6) is 0 Å². The third kappa shape index (κ3) is 3.82. The largest absolute Gasteiger partial charge is 0.311 e. The Balaban J connectivity index is 1.90. The van der Waals surface area contributed by atoms with E-state index >= 15 is 0 Å². The normalized spacial score (nSPS) is 14.1. The van der Waals surface area contributed by atoms with Crippen LogP contribution in [0.2, 0.25) is 0 Å². The van der Waals surface area contributed by atoms with Crippen LogP contribution in [0, 0.1) is 5.82 Å². The molecular weight excluding hydrogens is 343 g/mol. The predicted molar refractivity (Wildman–Crippen MR) is 95.7 cm³/mol. The maximum atomic E-state index is 13.5. The molecule has 1 heterocycles. The van der Waals surface area contributed by atoms with Crippen LogP contribution < -0.4 is 9.21 Å². The molecule has 5 nitrogen and oxygen atoms in total. The highest BCUT2D eigenvalue weighted by molar-refractivity contribution is 7.92. The minimum Gasteiger partial charge on any atom is -0.311 e. The smallest absolute Gasteiger partial charge is 0.247 e. The van der Waals surface area contributed by atoms with E-state index in [1.165, 1.54) is 18.2 Å². The summed E-state index contributed by atoms with van der Waals surface area (Å²) in [6.45, 7) is 0.174. The molecule has 0 fully saturated rings. The van der Waals surface area contributed by atoms with E-state index in [-0.39, 0.29) is 18.1 Å². The Morgan fingerprint density at radius 3 is 2.68 bits per heavy atom. The van der Waals surface area contributed by atoms with Crippen LogP contribution in [0.3, 0.4) is 0 Å². The zero-order valence-corrected chi connectivity index (χ0v) is 14.7. The van der Waals surface area contributed by atoms with Gasteiger partial charge in [0.2, 0.25) is 15.9 Å². The van der Waals surface area contributed by atoms with Crippen molar-refractivity contribution in [2.75, 3.05) is 28.6 Å². The van der Waals surface area contributed by atoms with Crippen LogP contribution in [0.25, 0.3) is 0 Å². The molecule has 0 saturated carbocycles. The first-order valence-corrected chi connectivity index (χ1v) is 9.82. The molecule has 2 aromatic carbocycles. The van der Waals surface area contributed by atoms with Crippen LogP contribution in [-0.4, -0.2) is 33.7 Å². The minimum atomic E-state index is -3.73. The lowest BCUT2D eigenvalue weighted by atomic mass is 10.0. The Morgan fingerprint density at radius 1 is 1.20 bits per heavy atom. The molecule has 0 unspecified atom stereocenters. The number of hydrogen-bond acceptors (Lipinski definition) is 3. The molecule has 0 radical (unpaired) electrons. The summed E-state index contributed by atoms with van der Waals surface area (Å²) in [5.41, 5.74) is 2.02. The number of nitrogens with zero attached hydrogens (tertiary/aromatic N) is 2. The number of amides is 1. The van der Waals surface area contributed by atoms with Crippen molar-refractivity contribution in [1.29, 1.82) is 0 Å². The van der Waals surface area contributed by atoms with Crippen LogP contribution in [-0.2, 0) is 21.2 Å². The number of carbonyl (C=O) groups excluding carboxylic acids is 1. The van der Waals surface area contributed by atoms with Gasteiger partial charge < -0.3 is 4.90 Å². The molecule has 0 spiro atoms. The van der Waals surface area contributed by atoms with Gasteiger partial charge in [-0.1, -0.05) is 24.3 Å². The number of aryl methyl sites for hydroxylation is 1. The zero-order chi connectivity index (χ0) is 18.0. The highest BCUT2D eigenvalue weighted by Crippen LogP contribution is 2.27. The molecule has 1 aliphatic heterocycles. The van der Waals surface area contributed by atoms with E-state index < -0.39 is 15.8 Å². The number of fused-ring (bicyclic) bond motifs is 1. The fourth-order valence-electron chi connectivity index (χ4n) is 3.03. The van der Waals surface area contributed by atoms with Crippen LogP contribution >= 0.6 is 0 Å². The van der Waals surface area contributed by atoms with Gasteiger partial charge in [-0.3, -0.25) is 9.10 Å². The van der Waals surface area contributed by atoms with Crippen LogP contribution in [0.4, 0.5) is 15.8 Å². The molecule has 25 heavy (non-hydrogen) atoms. The van der Waals surface area contributed by atoms with E-state index in [0.717, 1.165) is 40.7 Å². The first-order chi connectivity index (χ1) is 11.9. The summed E-state index contributed by atoms with van der Waals surface area (Å²) in [6, 6.07) is 12.8. The van der Waals surface area contributed by atoms with Crippen LogP contribution in [0.15, 0.2) is 48.5 Å². The Bertz CT molecular complexity index is 899. The standard InChI is InChI=1S/C18H19FN2O3S/c1-25(23,24)21(16-9-4-8-15(19)12-16)13-18(22)20-11-5-7-14-6-2-3-10-17(14)20/h2-4,6,8-10,12H,5,7,11,13H2,1H3. The summed E-state index contributed by atoms with van der Waals surface area (Å²) in [5.74, 6) is -0.885. The van der Waals surface area contributed by atoms with Crippen molar-refractivity contribution in [3.63, 3.8) is 0 Å². The van der Waals surface area contributed by atoms with Gasteiger partial charge in [0.15, 0.2) is 0 Å². The molecule has 3 rings (SSSR count). The van der Waals surface area contributed by atoms with Crippen molar-refractivity contribution < 1.29 is 17.6 Å². The average Bonchev–Trinajstić information content (AvgIpc) is 2.58. The fraction of sp³-hybridized carbons (Fsp3) is 0.278. The summed E-state index contributed by atoms with van der Waals surface area (Å²) in [6.07, 6.45) is 2.72. The van der Waals surface area contributed by atoms with Crippen molar-refractivity contribution in [3.8, 4) is 0 Å². The number of hydrogen-bond donors (Lipinski definition) is 0. The summed E-state index contributed by atoms with van der Waals surface area (Å²) in [5, 5.41) is 0. The molecule has 1 aliphatic rings. The number of sulfonamides is 1. The summed E-state index contributed by atoms with van der Waals surface area (Å²) in [4.78, 5) is 14.4. The third-order valence-electron chi connectivity index (χ3n) is 4.19. The second-order valence-corrected chi connectivity index (χ2v) is 7.93. The van der Waals surface area contributed by atoms with Gasteiger partial charge in [-0.05, 0) is 42.7 Å².